The van der Waals surface area contributed by atoms with Crippen LogP contribution in [0.5, 0.6) is 0 Å². The molecular weight excluding hydrogens is 444 g/mol. The Bertz CT molecular complexity index is 1350. The number of rotatable bonds is 8. The maximum Gasteiger partial charge on any atom is 0.349 e. The summed E-state index contributed by atoms with van der Waals surface area (Å²) in [6.45, 7) is 1.93. The van der Waals surface area contributed by atoms with Crippen molar-refractivity contribution in [3.05, 3.63) is 138 Å². The molecule has 0 unspecified atom stereocenters. The Morgan fingerprint density at radius 3 is 1.78 bits per heavy atom. The summed E-state index contributed by atoms with van der Waals surface area (Å²) in [5, 5.41) is 9.72. The van der Waals surface area contributed by atoms with Crippen molar-refractivity contribution in [2.24, 2.45) is 0 Å². The Labute approximate surface area is 212 Å². The molecule has 4 aromatic carbocycles. The summed E-state index contributed by atoms with van der Waals surface area (Å²) < 4.78 is 5.12. The third kappa shape index (κ3) is 5.78. The maximum absolute atomic E-state index is 12.4. The van der Waals surface area contributed by atoms with Crippen molar-refractivity contribution in [3.63, 3.8) is 0 Å². The van der Waals surface area contributed by atoms with Crippen molar-refractivity contribution in [2.45, 2.75) is 6.92 Å². The minimum atomic E-state index is -0.625. The van der Waals surface area contributed by atoms with Crippen LogP contribution in [-0.2, 0) is 9.53 Å². The molecule has 0 aliphatic heterocycles. The lowest BCUT2D eigenvalue weighted by molar-refractivity contribution is -0.137. The second-order valence-electron chi connectivity index (χ2n) is 7.92. The van der Waals surface area contributed by atoms with Crippen LogP contribution in [0.3, 0.4) is 0 Å². The molecule has 0 aliphatic carbocycles. The third-order valence-electron chi connectivity index (χ3n) is 5.57. The zero-order valence-corrected chi connectivity index (χ0v) is 20.0. The number of benzene rings is 4. The van der Waals surface area contributed by atoms with Crippen molar-refractivity contribution in [1.29, 1.82) is 5.26 Å². The predicted octanol–water partition coefficient (Wildman–Crippen LogP) is 7.71. The van der Waals surface area contributed by atoms with Gasteiger partial charge in [0.1, 0.15) is 11.6 Å². The van der Waals surface area contributed by atoms with Crippen molar-refractivity contribution in [1.82, 2.24) is 0 Å². The molecule has 4 aromatic rings. The molecule has 0 bridgehead atoms. The van der Waals surface area contributed by atoms with E-state index in [9.17, 15) is 10.1 Å². The molecule has 0 amide bonds. The third-order valence-corrected chi connectivity index (χ3v) is 5.57. The Balaban J connectivity index is 1.69. The van der Waals surface area contributed by atoms with E-state index in [0.717, 1.165) is 28.2 Å². The van der Waals surface area contributed by atoms with E-state index in [1.54, 1.807) is 13.0 Å². The van der Waals surface area contributed by atoms with Crippen molar-refractivity contribution in [2.75, 3.05) is 11.5 Å². The Hall–Kier alpha value is -4.88. The van der Waals surface area contributed by atoms with Crippen LogP contribution >= 0.6 is 0 Å². The van der Waals surface area contributed by atoms with Crippen LogP contribution in [0, 0.1) is 11.3 Å². The van der Waals surface area contributed by atoms with Crippen LogP contribution < -0.4 is 4.90 Å². The monoisotopic (exact) mass is 470 g/mol. The first-order chi connectivity index (χ1) is 17.7. The number of anilines is 3. The molecule has 4 heteroatoms. The predicted molar refractivity (Wildman–Crippen MR) is 146 cm³/mol. The summed E-state index contributed by atoms with van der Waals surface area (Å²) >= 11 is 0. The molecular formula is C32H26N2O2. The van der Waals surface area contributed by atoms with E-state index in [2.05, 4.69) is 41.3 Å². The van der Waals surface area contributed by atoms with Gasteiger partial charge >= 0.3 is 5.97 Å². The lowest BCUT2D eigenvalue weighted by Crippen LogP contribution is -2.09. The average molecular weight is 471 g/mol. The fourth-order valence-electron chi connectivity index (χ4n) is 3.88. The highest BCUT2D eigenvalue weighted by Gasteiger charge is 2.16. The van der Waals surface area contributed by atoms with Gasteiger partial charge in [0.15, 0.2) is 0 Å². The molecule has 0 saturated carbocycles. The van der Waals surface area contributed by atoms with E-state index in [-0.39, 0.29) is 12.2 Å². The molecule has 4 nitrogen and oxygen atoms in total. The lowest BCUT2D eigenvalue weighted by Gasteiger charge is -2.25. The highest BCUT2D eigenvalue weighted by atomic mass is 16.5. The van der Waals surface area contributed by atoms with Gasteiger partial charge in [-0.2, -0.15) is 5.26 Å². The number of hydrogen-bond acceptors (Lipinski definition) is 4. The Morgan fingerprint density at radius 2 is 1.28 bits per heavy atom. The van der Waals surface area contributed by atoms with Gasteiger partial charge < -0.3 is 9.64 Å². The van der Waals surface area contributed by atoms with Crippen LogP contribution in [0.1, 0.15) is 18.1 Å². The van der Waals surface area contributed by atoms with E-state index < -0.39 is 5.97 Å². The van der Waals surface area contributed by atoms with E-state index in [0.29, 0.717) is 5.57 Å². The molecule has 36 heavy (non-hydrogen) atoms. The number of nitriles is 1. The quantitative estimate of drug-likeness (QED) is 0.115. The van der Waals surface area contributed by atoms with Crippen molar-refractivity contribution < 1.29 is 9.53 Å². The minimum absolute atomic E-state index is 0.0183. The van der Waals surface area contributed by atoms with Gasteiger partial charge in [-0.3, -0.25) is 0 Å². The molecule has 176 valence electrons. The standard InChI is InChI=1S/C32H26N2O2/c1-2-36-32(35)31(24-33)30(26-12-6-3-7-13-26)23-20-25-18-21-29(22-19-25)34(27-14-8-4-9-15-27)28-16-10-5-11-17-28/h3-23H,2H2,1H3/b23-20+,31-30+. The van der Waals surface area contributed by atoms with Crippen LogP contribution in [0.15, 0.2) is 127 Å². The second kappa shape index (κ2) is 12.0. The van der Waals surface area contributed by atoms with Crippen LogP contribution in [-0.4, -0.2) is 12.6 Å². The summed E-state index contributed by atoms with van der Waals surface area (Å²) in [6.07, 6.45) is 3.70. The van der Waals surface area contributed by atoms with Gasteiger partial charge in [-0.25, -0.2) is 4.79 Å². The largest absolute Gasteiger partial charge is 0.462 e. The summed E-state index contributed by atoms with van der Waals surface area (Å²) in [6, 6.07) is 40.0. The highest BCUT2D eigenvalue weighted by Crippen LogP contribution is 2.34. The first kappa shape index (κ1) is 24.3. The lowest BCUT2D eigenvalue weighted by atomic mass is 9.99. The number of ether oxygens (including phenoxy) is 1. The SMILES string of the molecule is CCOC(=O)/C(C#N)=C(\C=C\c1ccc(N(c2ccccc2)c2ccccc2)cc1)c1ccccc1. The zero-order chi connectivity index (χ0) is 25.2. The van der Waals surface area contributed by atoms with Crippen LogP contribution in [0.4, 0.5) is 17.1 Å². The van der Waals surface area contributed by atoms with Crippen LogP contribution in [0.2, 0.25) is 0 Å². The second-order valence-corrected chi connectivity index (χ2v) is 7.92. The van der Waals surface area contributed by atoms with E-state index in [1.165, 1.54) is 0 Å². The molecule has 0 aromatic heterocycles. The van der Waals surface area contributed by atoms with Gasteiger partial charge in [0.25, 0.3) is 0 Å². The molecule has 0 aliphatic rings. The highest BCUT2D eigenvalue weighted by molar-refractivity contribution is 6.04. The van der Waals surface area contributed by atoms with Gasteiger partial charge in [-0.1, -0.05) is 91.0 Å². The van der Waals surface area contributed by atoms with Gasteiger partial charge in [0, 0.05) is 22.6 Å². The van der Waals surface area contributed by atoms with Gasteiger partial charge in [0.05, 0.1) is 6.61 Å². The number of carbonyl (C=O) groups is 1. The molecule has 0 fully saturated rings. The molecule has 0 heterocycles. The van der Waals surface area contributed by atoms with Gasteiger partial charge in [0.2, 0.25) is 0 Å². The first-order valence-electron chi connectivity index (χ1n) is 11.8. The topological polar surface area (TPSA) is 53.3 Å². The maximum atomic E-state index is 12.4. The number of para-hydroxylation sites is 2. The summed E-state index contributed by atoms with van der Waals surface area (Å²) in [4.78, 5) is 14.6. The van der Waals surface area contributed by atoms with E-state index in [4.69, 9.17) is 4.74 Å². The van der Waals surface area contributed by atoms with Crippen molar-refractivity contribution >= 4 is 34.7 Å². The fourth-order valence-corrected chi connectivity index (χ4v) is 3.88. The molecule has 4 rings (SSSR count). The summed E-state index contributed by atoms with van der Waals surface area (Å²) in [5.41, 5.74) is 5.37. The average Bonchev–Trinajstić information content (AvgIpc) is 2.94. The number of nitrogens with zero attached hydrogens (tertiary/aromatic N) is 2. The molecule has 0 atom stereocenters. The van der Waals surface area contributed by atoms with Crippen LogP contribution in [0.25, 0.3) is 11.6 Å². The first-order valence-corrected chi connectivity index (χ1v) is 11.8. The minimum Gasteiger partial charge on any atom is -0.462 e. The Kier molecular flexibility index (Phi) is 8.09. The smallest absolute Gasteiger partial charge is 0.349 e. The Morgan fingerprint density at radius 1 is 0.778 bits per heavy atom. The molecule has 0 N–H and O–H groups in total. The molecule has 0 radical (unpaired) electrons. The molecule has 0 saturated heterocycles. The zero-order valence-electron chi connectivity index (χ0n) is 20.0. The summed E-state index contributed by atoms with van der Waals surface area (Å²) in [5.74, 6) is -0.625. The van der Waals surface area contributed by atoms with E-state index in [1.807, 2.05) is 91.0 Å². The normalized spacial score (nSPS) is 11.4. The number of esters is 1. The number of hydrogen-bond donors (Lipinski definition) is 0. The van der Waals surface area contributed by atoms with Gasteiger partial charge in [-0.15, -0.1) is 0 Å². The fraction of sp³-hybridized carbons (Fsp3) is 0.0625. The number of allylic oxidation sites excluding steroid dienone is 2. The molecule has 0 spiro atoms. The number of carbonyl (C=O) groups excluding carboxylic acids is 1. The van der Waals surface area contributed by atoms with Crippen molar-refractivity contribution in [3.8, 4) is 6.07 Å². The van der Waals surface area contributed by atoms with E-state index >= 15 is 0 Å². The van der Waals surface area contributed by atoms with Gasteiger partial charge in [-0.05, 0) is 54.4 Å². The summed E-state index contributed by atoms with van der Waals surface area (Å²) in [7, 11) is 0.